The fourth-order valence-electron chi connectivity index (χ4n) is 3.50. The summed E-state index contributed by atoms with van der Waals surface area (Å²) in [5, 5.41) is 11.5. The monoisotopic (exact) mass is 432 g/mol. The van der Waals surface area contributed by atoms with E-state index in [9.17, 15) is 4.79 Å². The van der Waals surface area contributed by atoms with Crippen LogP contribution >= 0.6 is 24.8 Å². The number of aromatic nitrogens is 4. The minimum Gasteiger partial charge on any atom is -0.382 e. The fourth-order valence-corrected chi connectivity index (χ4v) is 3.50. The summed E-state index contributed by atoms with van der Waals surface area (Å²) in [5.41, 5.74) is 0.944. The highest BCUT2D eigenvalue weighted by Gasteiger charge is 2.34. The van der Waals surface area contributed by atoms with Crippen molar-refractivity contribution in [2.75, 3.05) is 38.7 Å². The highest BCUT2D eigenvalue weighted by Crippen LogP contribution is 2.27. The number of anilines is 1. The number of ether oxygens (including phenoxy) is 1. The molecule has 1 aromatic carbocycles. The van der Waals surface area contributed by atoms with Gasteiger partial charge >= 0.3 is 5.69 Å². The van der Waals surface area contributed by atoms with Gasteiger partial charge in [-0.1, -0.05) is 18.2 Å². The molecule has 28 heavy (non-hydrogen) atoms. The first kappa shape index (κ1) is 24.4. The summed E-state index contributed by atoms with van der Waals surface area (Å²) in [6.07, 6.45) is 1.98. The first-order valence-electron chi connectivity index (χ1n) is 9.21. The maximum atomic E-state index is 12.0. The summed E-state index contributed by atoms with van der Waals surface area (Å²) < 4.78 is 8.33. The quantitative estimate of drug-likeness (QED) is 0.686. The molecule has 0 saturated carbocycles. The average Bonchev–Trinajstić information content (AvgIpc) is 3.02. The van der Waals surface area contributed by atoms with Gasteiger partial charge in [-0.25, -0.2) is 4.79 Å². The van der Waals surface area contributed by atoms with Gasteiger partial charge in [0.25, 0.3) is 0 Å². The van der Waals surface area contributed by atoms with Crippen LogP contribution in [0.3, 0.4) is 0 Å². The van der Waals surface area contributed by atoms with Crippen LogP contribution in [0.15, 0.2) is 35.1 Å². The second kappa shape index (κ2) is 11.4. The number of hydrogen-bond donors (Lipinski definition) is 1. The van der Waals surface area contributed by atoms with E-state index in [-0.39, 0.29) is 36.0 Å². The van der Waals surface area contributed by atoms with Gasteiger partial charge in [0.2, 0.25) is 0 Å². The van der Waals surface area contributed by atoms with E-state index in [1.165, 1.54) is 9.36 Å². The molecule has 0 radical (unpaired) electrons. The van der Waals surface area contributed by atoms with E-state index in [1.54, 1.807) is 7.11 Å². The number of methoxy groups -OCH3 is 1. The summed E-state index contributed by atoms with van der Waals surface area (Å²) in [6, 6.07) is 10.3. The van der Waals surface area contributed by atoms with Crippen molar-refractivity contribution in [1.29, 1.82) is 0 Å². The number of halogens is 2. The molecular formula is C18H30Cl2N6O2. The van der Waals surface area contributed by atoms with Crippen LogP contribution in [0.2, 0.25) is 0 Å². The highest BCUT2D eigenvalue weighted by molar-refractivity contribution is 5.85. The third-order valence-corrected chi connectivity index (χ3v) is 5.04. The number of para-hydroxylation sites is 1. The van der Waals surface area contributed by atoms with Crippen LogP contribution in [0.4, 0.5) is 5.69 Å². The molecule has 1 saturated heterocycles. The van der Waals surface area contributed by atoms with Crippen molar-refractivity contribution >= 4 is 30.5 Å². The third kappa shape index (κ3) is 5.94. The molecule has 0 spiro atoms. The maximum Gasteiger partial charge on any atom is 0.363 e. The smallest absolute Gasteiger partial charge is 0.363 e. The van der Waals surface area contributed by atoms with Crippen molar-refractivity contribution in [3.63, 3.8) is 0 Å². The molecule has 1 N–H and O–H groups in total. The molecule has 158 valence electrons. The van der Waals surface area contributed by atoms with Crippen molar-refractivity contribution in [1.82, 2.24) is 24.7 Å². The molecule has 10 heteroatoms. The van der Waals surface area contributed by atoms with Crippen molar-refractivity contribution in [3.8, 4) is 0 Å². The molecule has 1 aliphatic heterocycles. The zero-order chi connectivity index (χ0) is 18.4. The number of nitrogens with one attached hydrogen (secondary N) is 1. The first-order chi connectivity index (χ1) is 12.7. The lowest BCUT2D eigenvalue weighted by atomic mass is 9.87. The van der Waals surface area contributed by atoms with Crippen molar-refractivity contribution in [2.45, 2.75) is 38.4 Å². The Morgan fingerprint density at radius 1 is 1.07 bits per heavy atom. The summed E-state index contributed by atoms with van der Waals surface area (Å²) in [5.74, 6) is 0. The van der Waals surface area contributed by atoms with E-state index >= 15 is 0 Å². The van der Waals surface area contributed by atoms with Crippen molar-refractivity contribution in [3.05, 3.63) is 40.8 Å². The van der Waals surface area contributed by atoms with Crippen LogP contribution in [0.25, 0.3) is 0 Å². The largest absolute Gasteiger partial charge is 0.382 e. The van der Waals surface area contributed by atoms with Gasteiger partial charge in [0, 0.05) is 39.0 Å². The van der Waals surface area contributed by atoms with Gasteiger partial charge in [0.05, 0.1) is 18.7 Å². The molecule has 2 aromatic rings. The SMILES string of the molecule is CCn1nnn(CCN2CCC(COC)(Nc3ccccc3)CC2)c1=O.Cl.Cl. The van der Waals surface area contributed by atoms with Gasteiger partial charge in [-0.15, -0.1) is 24.8 Å². The van der Waals surface area contributed by atoms with Gasteiger partial charge in [0.1, 0.15) is 0 Å². The molecule has 0 unspecified atom stereocenters. The molecule has 0 atom stereocenters. The number of aryl methyl sites for hydroxylation is 1. The van der Waals surface area contributed by atoms with E-state index in [1.807, 2.05) is 25.1 Å². The minimum atomic E-state index is -0.135. The zero-order valence-corrected chi connectivity index (χ0v) is 18.0. The summed E-state index contributed by atoms with van der Waals surface area (Å²) >= 11 is 0. The highest BCUT2D eigenvalue weighted by atomic mass is 35.5. The Morgan fingerprint density at radius 3 is 2.29 bits per heavy atom. The molecule has 0 bridgehead atoms. The molecule has 2 heterocycles. The second-order valence-corrected chi connectivity index (χ2v) is 6.85. The second-order valence-electron chi connectivity index (χ2n) is 6.85. The Morgan fingerprint density at radius 2 is 1.71 bits per heavy atom. The van der Waals surface area contributed by atoms with Gasteiger partial charge in [-0.2, -0.15) is 9.36 Å². The summed E-state index contributed by atoms with van der Waals surface area (Å²) in [6.45, 7) is 6.41. The van der Waals surface area contributed by atoms with Crippen LogP contribution < -0.4 is 11.0 Å². The van der Waals surface area contributed by atoms with Gasteiger partial charge in [-0.3, -0.25) is 0 Å². The first-order valence-corrected chi connectivity index (χ1v) is 9.21. The molecule has 0 amide bonds. The van der Waals surface area contributed by atoms with Crippen LogP contribution in [0, 0.1) is 0 Å². The Labute approximate surface area is 178 Å². The summed E-state index contributed by atoms with van der Waals surface area (Å²) in [4.78, 5) is 14.4. The lowest BCUT2D eigenvalue weighted by Gasteiger charge is -2.42. The van der Waals surface area contributed by atoms with Crippen LogP contribution in [0.1, 0.15) is 19.8 Å². The number of hydrogen-bond acceptors (Lipinski definition) is 6. The van der Waals surface area contributed by atoms with Gasteiger partial charge < -0.3 is 15.0 Å². The Balaban J connectivity index is 0.00000196. The predicted octanol–water partition coefficient (Wildman–Crippen LogP) is 1.90. The lowest BCUT2D eigenvalue weighted by Crippen LogP contribution is -2.52. The molecular weight excluding hydrogens is 403 g/mol. The number of piperidine rings is 1. The van der Waals surface area contributed by atoms with Crippen molar-refractivity contribution in [2.24, 2.45) is 0 Å². The number of benzene rings is 1. The maximum absolute atomic E-state index is 12.0. The number of tetrazole rings is 1. The molecule has 1 aliphatic rings. The molecule has 1 aromatic heterocycles. The Kier molecular flexibility index (Phi) is 9.95. The van der Waals surface area contributed by atoms with Gasteiger partial charge in [-0.05, 0) is 42.3 Å². The number of likely N-dealkylation sites (tertiary alicyclic amines) is 1. The van der Waals surface area contributed by atoms with E-state index < -0.39 is 0 Å². The van der Waals surface area contributed by atoms with Crippen LogP contribution in [-0.2, 0) is 17.8 Å². The number of nitrogens with zero attached hydrogens (tertiary/aromatic N) is 5. The Hall–Kier alpha value is -1.61. The van der Waals surface area contributed by atoms with Crippen LogP contribution in [0.5, 0.6) is 0 Å². The standard InChI is InChI=1S/C18H28N6O2.2ClH/c1-3-23-17(25)24(21-20-23)14-13-22-11-9-18(10-12-22,15-26-2)19-16-7-5-4-6-8-16;;/h4-8,19H,3,9-15H2,1-2H3;2*1H. The molecule has 1 fully saturated rings. The van der Waals surface area contributed by atoms with E-state index in [4.69, 9.17) is 4.74 Å². The minimum absolute atomic E-state index is 0. The summed E-state index contributed by atoms with van der Waals surface area (Å²) in [7, 11) is 1.75. The predicted molar refractivity (Wildman–Crippen MR) is 115 cm³/mol. The van der Waals surface area contributed by atoms with E-state index in [0.29, 0.717) is 19.7 Å². The third-order valence-electron chi connectivity index (χ3n) is 5.04. The topological polar surface area (TPSA) is 77.2 Å². The lowest BCUT2D eigenvalue weighted by molar-refractivity contribution is 0.0868. The number of rotatable bonds is 8. The Bertz CT molecular complexity index is 744. The van der Waals surface area contributed by atoms with Crippen LogP contribution in [-0.4, -0.2) is 63.6 Å². The van der Waals surface area contributed by atoms with Crippen molar-refractivity contribution < 1.29 is 4.74 Å². The van der Waals surface area contributed by atoms with E-state index in [2.05, 4.69) is 32.8 Å². The molecule has 0 aliphatic carbocycles. The average molecular weight is 433 g/mol. The zero-order valence-electron chi connectivity index (χ0n) is 16.4. The fraction of sp³-hybridized carbons (Fsp3) is 0.611. The normalized spacial score (nSPS) is 16.1. The van der Waals surface area contributed by atoms with E-state index in [0.717, 1.165) is 38.2 Å². The molecule has 3 rings (SSSR count). The molecule has 8 nitrogen and oxygen atoms in total. The van der Waals surface area contributed by atoms with Gasteiger partial charge in [0.15, 0.2) is 0 Å².